The van der Waals surface area contributed by atoms with E-state index in [1.165, 1.54) is 0 Å². The lowest BCUT2D eigenvalue weighted by atomic mass is 10.1. The number of aliphatic imine (C=N–C) groups is 1. The summed E-state index contributed by atoms with van der Waals surface area (Å²) in [5.41, 5.74) is 3.86. The average molecular weight is 214 g/mol. The molecule has 0 spiro atoms. The predicted molar refractivity (Wildman–Crippen MR) is 56.4 cm³/mol. The molecule has 0 aliphatic carbocycles. The monoisotopic (exact) mass is 214 g/mol. The third-order valence-corrected chi connectivity index (χ3v) is 1.84. The zero-order chi connectivity index (χ0) is 11.7. The average Bonchev–Trinajstić information content (AvgIpc) is 2.46. The van der Waals surface area contributed by atoms with Crippen molar-refractivity contribution in [3.8, 4) is 0 Å². The first-order valence-corrected chi connectivity index (χ1v) is 5.01. The Morgan fingerprint density at radius 1 is 1.67 bits per heavy atom. The van der Waals surface area contributed by atoms with Gasteiger partial charge in [0.1, 0.15) is 12.2 Å². The van der Waals surface area contributed by atoms with Crippen molar-refractivity contribution < 1.29 is 14.3 Å². The van der Waals surface area contributed by atoms with Gasteiger partial charge in [0.15, 0.2) is 5.90 Å². The minimum absolute atomic E-state index is 0.0606. The first kappa shape index (κ1) is 12.0. The van der Waals surface area contributed by atoms with Crippen LogP contribution in [0.5, 0.6) is 0 Å². The first-order chi connectivity index (χ1) is 6.77. The highest BCUT2D eigenvalue weighted by Crippen LogP contribution is 2.19. The summed E-state index contributed by atoms with van der Waals surface area (Å²) in [5.74, 6) is -0.0400. The third-order valence-electron chi connectivity index (χ3n) is 1.84. The number of rotatable bonds is 2. The molecule has 1 rings (SSSR count). The summed E-state index contributed by atoms with van der Waals surface area (Å²) in [6, 6.07) is 0. The number of nitrogens with zero attached hydrogens (tertiary/aromatic N) is 1. The van der Waals surface area contributed by atoms with Crippen LogP contribution in [-0.4, -0.2) is 29.7 Å². The number of ether oxygens (including phenoxy) is 2. The molecular weight excluding hydrogens is 196 g/mol. The van der Waals surface area contributed by atoms with Gasteiger partial charge in [-0.25, -0.2) is 9.79 Å². The largest absolute Gasteiger partial charge is 0.476 e. The number of hydrogen-bond acceptors (Lipinski definition) is 5. The minimum atomic E-state index is -1.36. The smallest absolute Gasteiger partial charge is 0.353 e. The first-order valence-electron chi connectivity index (χ1n) is 5.01. The summed E-state index contributed by atoms with van der Waals surface area (Å²) in [6.07, 6.45) is 0.627. The van der Waals surface area contributed by atoms with Gasteiger partial charge in [-0.2, -0.15) is 0 Å². The molecule has 0 fully saturated rings. The minimum Gasteiger partial charge on any atom is -0.476 e. The molecule has 1 atom stereocenters. The zero-order valence-corrected chi connectivity index (χ0v) is 9.66. The fraction of sp³-hybridized carbons (Fsp3) is 0.800. The molecule has 0 saturated heterocycles. The van der Waals surface area contributed by atoms with Crippen LogP contribution >= 0.6 is 0 Å². The Morgan fingerprint density at radius 3 is 2.67 bits per heavy atom. The zero-order valence-electron chi connectivity index (χ0n) is 9.66. The van der Waals surface area contributed by atoms with E-state index < -0.39 is 17.2 Å². The molecule has 86 valence electrons. The Bertz CT molecular complexity index is 294. The van der Waals surface area contributed by atoms with E-state index in [9.17, 15) is 4.79 Å². The van der Waals surface area contributed by atoms with E-state index in [0.717, 1.165) is 0 Å². The van der Waals surface area contributed by atoms with Gasteiger partial charge in [0.05, 0.1) is 0 Å². The maximum atomic E-state index is 11.7. The summed E-state index contributed by atoms with van der Waals surface area (Å²) in [6.45, 7) is 7.31. The van der Waals surface area contributed by atoms with E-state index in [4.69, 9.17) is 15.2 Å². The standard InChI is InChI=1S/C10H18N2O3/c1-5-7-12-10(11,6-14-7)8(13)15-9(2,3)4/h5-6,11H2,1-4H3. The van der Waals surface area contributed by atoms with Gasteiger partial charge in [-0.15, -0.1) is 0 Å². The highest BCUT2D eigenvalue weighted by molar-refractivity contribution is 5.88. The number of carbonyl (C=O) groups is 1. The van der Waals surface area contributed by atoms with Gasteiger partial charge in [0.2, 0.25) is 5.66 Å². The highest BCUT2D eigenvalue weighted by Gasteiger charge is 2.42. The fourth-order valence-electron chi connectivity index (χ4n) is 1.13. The Labute approximate surface area is 89.6 Å². The van der Waals surface area contributed by atoms with Gasteiger partial charge in [-0.1, -0.05) is 6.92 Å². The Hall–Kier alpha value is -1.10. The number of esters is 1. The maximum Gasteiger partial charge on any atom is 0.353 e. The second-order valence-corrected chi connectivity index (χ2v) is 4.57. The van der Waals surface area contributed by atoms with Crippen LogP contribution in [-0.2, 0) is 14.3 Å². The molecule has 0 radical (unpaired) electrons. The fourth-order valence-corrected chi connectivity index (χ4v) is 1.13. The number of carbonyl (C=O) groups excluding carboxylic acids is 1. The third kappa shape index (κ3) is 2.92. The molecule has 15 heavy (non-hydrogen) atoms. The van der Waals surface area contributed by atoms with Crippen molar-refractivity contribution in [1.29, 1.82) is 0 Å². The van der Waals surface area contributed by atoms with Crippen LogP contribution in [0.4, 0.5) is 0 Å². The number of nitrogens with two attached hydrogens (primary N) is 1. The van der Waals surface area contributed by atoms with Crippen LogP contribution < -0.4 is 5.73 Å². The van der Waals surface area contributed by atoms with Crippen molar-refractivity contribution >= 4 is 11.9 Å². The van der Waals surface area contributed by atoms with E-state index in [0.29, 0.717) is 12.3 Å². The van der Waals surface area contributed by atoms with Crippen LogP contribution in [0.25, 0.3) is 0 Å². The Morgan fingerprint density at radius 2 is 2.27 bits per heavy atom. The molecule has 5 heteroatoms. The topological polar surface area (TPSA) is 73.9 Å². The van der Waals surface area contributed by atoms with Crippen molar-refractivity contribution in [2.75, 3.05) is 6.61 Å². The van der Waals surface area contributed by atoms with Crippen LogP contribution in [0.1, 0.15) is 34.1 Å². The molecule has 5 nitrogen and oxygen atoms in total. The summed E-state index contributed by atoms with van der Waals surface area (Å²) >= 11 is 0. The van der Waals surface area contributed by atoms with Gasteiger partial charge in [0.25, 0.3) is 0 Å². The Kier molecular flexibility index (Phi) is 3.04. The molecule has 0 aromatic carbocycles. The Balaban J connectivity index is 2.72. The van der Waals surface area contributed by atoms with Crippen molar-refractivity contribution in [3.63, 3.8) is 0 Å². The van der Waals surface area contributed by atoms with E-state index in [1.807, 2.05) is 6.92 Å². The van der Waals surface area contributed by atoms with Gasteiger partial charge >= 0.3 is 5.97 Å². The molecule has 1 aliphatic heterocycles. The van der Waals surface area contributed by atoms with Gasteiger partial charge < -0.3 is 9.47 Å². The molecule has 0 aromatic heterocycles. The molecular formula is C10H18N2O3. The van der Waals surface area contributed by atoms with Crippen molar-refractivity contribution in [1.82, 2.24) is 0 Å². The normalized spacial score (nSPS) is 25.8. The summed E-state index contributed by atoms with van der Waals surface area (Å²) in [5, 5.41) is 0. The van der Waals surface area contributed by atoms with Crippen LogP contribution in [0.15, 0.2) is 4.99 Å². The molecule has 1 unspecified atom stereocenters. The number of hydrogen-bond donors (Lipinski definition) is 1. The second kappa shape index (κ2) is 3.81. The van der Waals surface area contributed by atoms with Gasteiger partial charge in [-0.3, -0.25) is 5.73 Å². The van der Waals surface area contributed by atoms with E-state index in [1.54, 1.807) is 20.8 Å². The molecule has 2 N–H and O–H groups in total. The lowest BCUT2D eigenvalue weighted by molar-refractivity contribution is -0.161. The lowest BCUT2D eigenvalue weighted by Crippen LogP contribution is -2.50. The molecule has 0 bridgehead atoms. The van der Waals surface area contributed by atoms with Crippen molar-refractivity contribution in [2.24, 2.45) is 10.7 Å². The van der Waals surface area contributed by atoms with Crippen molar-refractivity contribution in [2.45, 2.75) is 45.4 Å². The van der Waals surface area contributed by atoms with E-state index >= 15 is 0 Å². The van der Waals surface area contributed by atoms with Crippen LogP contribution in [0.2, 0.25) is 0 Å². The highest BCUT2D eigenvalue weighted by atomic mass is 16.6. The predicted octanol–water partition coefficient (Wildman–Crippen LogP) is 0.822. The second-order valence-electron chi connectivity index (χ2n) is 4.57. The quantitative estimate of drug-likeness (QED) is 0.691. The molecule has 0 aromatic rings. The molecule has 1 heterocycles. The molecule has 0 saturated carbocycles. The van der Waals surface area contributed by atoms with Crippen molar-refractivity contribution in [3.05, 3.63) is 0 Å². The summed E-state index contributed by atoms with van der Waals surface area (Å²) < 4.78 is 10.3. The van der Waals surface area contributed by atoms with Crippen LogP contribution in [0.3, 0.4) is 0 Å². The van der Waals surface area contributed by atoms with Crippen LogP contribution in [0, 0.1) is 0 Å². The van der Waals surface area contributed by atoms with E-state index in [-0.39, 0.29) is 6.61 Å². The van der Waals surface area contributed by atoms with Gasteiger partial charge in [0, 0.05) is 6.42 Å². The maximum absolute atomic E-state index is 11.7. The lowest BCUT2D eigenvalue weighted by Gasteiger charge is -2.24. The molecule has 1 aliphatic rings. The van der Waals surface area contributed by atoms with E-state index in [2.05, 4.69) is 4.99 Å². The molecule has 0 amide bonds. The summed E-state index contributed by atoms with van der Waals surface area (Å²) in [7, 11) is 0. The SMILES string of the molecule is CCC1=NC(N)(C(=O)OC(C)(C)C)CO1. The summed E-state index contributed by atoms with van der Waals surface area (Å²) in [4.78, 5) is 15.7. The van der Waals surface area contributed by atoms with Gasteiger partial charge in [-0.05, 0) is 20.8 Å².